The van der Waals surface area contributed by atoms with Crippen molar-refractivity contribution in [2.75, 3.05) is 0 Å². The Morgan fingerprint density at radius 1 is 0.338 bits per heavy atom. The van der Waals surface area contributed by atoms with Crippen LogP contribution in [-0.4, -0.2) is 33.6 Å². The van der Waals surface area contributed by atoms with Crippen molar-refractivity contribution in [3.8, 4) is 51.0 Å². The van der Waals surface area contributed by atoms with E-state index < -0.39 is 0 Å². The average molecular weight is 834 g/mol. The van der Waals surface area contributed by atoms with Crippen LogP contribution in [0.25, 0.3) is 117 Å². The number of nitrogens with zero attached hydrogens (tertiary/aromatic N) is 7. The molecule has 0 saturated carbocycles. The zero-order chi connectivity index (χ0) is 43.2. The number of rotatable bonds is 6. The van der Waals surface area contributed by atoms with Crippen molar-refractivity contribution in [2.45, 2.75) is 13.8 Å². The molecule has 0 aliphatic rings. The van der Waals surface area contributed by atoms with Gasteiger partial charge in [-0.25, -0.2) is 9.97 Å². The zero-order valence-electron chi connectivity index (χ0n) is 35.7. The fraction of sp³-hybridized carbons (Fsp3) is 0.0345. The van der Waals surface area contributed by atoms with Gasteiger partial charge in [-0.05, 0) is 92.7 Å². The third-order valence-corrected chi connectivity index (χ3v) is 12.8. The Morgan fingerprint density at radius 2 is 0.785 bits per heavy atom. The van der Waals surface area contributed by atoms with Crippen molar-refractivity contribution in [2.24, 2.45) is 0 Å². The van der Waals surface area contributed by atoms with E-state index in [4.69, 9.17) is 19.9 Å². The van der Waals surface area contributed by atoms with Gasteiger partial charge in [0.05, 0.1) is 72.6 Å². The average Bonchev–Trinajstić information content (AvgIpc) is 3.99. The molecule has 0 radical (unpaired) electrons. The lowest BCUT2D eigenvalue weighted by atomic mass is 10.0. The summed E-state index contributed by atoms with van der Waals surface area (Å²) in [7, 11) is 0. The van der Waals surface area contributed by atoms with Crippen molar-refractivity contribution < 1.29 is 0 Å². The van der Waals surface area contributed by atoms with E-state index in [2.05, 4.69) is 179 Å². The summed E-state index contributed by atoms with van der Waals surface area (Å²) in [5.74, 6) is 0.657. The quantitative estimate of drug-likeness (QED) is 0.167. The Labute approximate surface area is 374 Å². The first-order valence-corrected chi connectivity index (χ1v) is 22.0. The molecular formula is C58H39N7. The second kappa shape index (κ2) is 14.4. The van der Waals surface area contributed by atoms with Gasteiger partial charge < -0.3 is 13.7 Å². The predicted octanol–water partition coefficient (Wildman–Crippen LogP) is 14.2. The Hall–Kier alpha value is -8.68. The van der Waals surface area contributed by atoms with Crippen molar-refractivity contribution in [1.82, 2.24) is 33.6 Å². The molecule has 0 aliphatic carbocycles. The molecule has 13 rings (SSSR count). The molecule has 6 heterocycles. The monoisotopic (exact) mass is 833 g/mol. The molecule has 0 amide bonds. The van der Waals surface area contributed by atoms with Gasteiger partial charge in [0.2, 0.25) is 0 Å². The Bertz CT molecular complexity index is 3670. The van der Waals surface area contributed by atoms with Crippen LogP contribution in [0.2, 0.25) is 0 Å². The van der Waals surface area contributed by atoms with Gasteiger partial charge in [-0.15, -0.1) is 0 Å². The molecule has 0 fully saturated rings. The molecule has 7 nitrogen and oxygen atoms in total. The number of hydrogen-bond donors (Lipinski definition) is 0. The van der Waals surface area contributed by atoms with Crippen LogP contribution >= 0.6 is 0 Å². The standard InChI is InChI=1S/C58H39N7/c1-36-25-27-49-43(31-36)44-32-37(2)26-28-50(44)65(49)57-53(63-47-21-11-9-19-41(47)55-51(63)23-13-29-59-55)33-40(34-54(57)64-48-22-12-10-20-42(48)56-52(64)24-14-30-60-56)46-35-45(38-15-5-3-6-16-38)61-58(62-46)39-17-7-4-8-18-39/h3-35H,1-2H3. The maximum absolute atomic E-state index is 5.44. The van der Waals surface area contributed by atoms with Gasteiger partial charge in [-0.3, -0.25) is 9.97 Å². The number of hydrogen-bond acceptors (Lipinski definition) is 4. The molecule has 6 aromatic heterocycles. The van der Waals surface area contributed by atoms with Crippen LogP contribution in [-0.2, 0) is 0 Å². The topological polar surface area (TPSA) is 66.3 Å². The smallest absolute Gasteiger partial charge is 0.160 e. The molecule has 0 atom stereocenters. The van der Waals surface area contributed by atoms with Crippen LogP contribution < -0.4 is 0 Å². The molecule has 0 bridgehead atoms. The molecule has 0 saturated heterocycles. The fourth-order valence-corrected chi connectivity index (χ4v) is 9.97. The molecular weight excluding hydrogens is 795 g/mol. The number of aromatic nitrogens is 7. The molecule has 0 unspecified atom stereocenters. The lowest BCUT2D eigenvalue weighted by molar-refractivity contribution is 1.05. The normalized spacial score (nSPS) is 11.8. The molecule has 306 valence electrons. The van der Waals surface area contributed by atoms with E-state index in [9.17, 15) is 0 Å². The first-order chi connectivity index (χ1) is 32.1. The highest BCUT2D eigenvalue weighted by molar-refractivity contribution is 6.13. The van der Waals surface area contributed by atoms with Crippen LogP contribution in [0.3, 0.4) is 0 Å². The Kier molecular flexibility index (Phi) is 8.20. The molecule has 0 N–H and O–H groups in total. The summed E-state index contributed by atoms with van der Waals surface area (Å²) >= 11 is 0. The molecule has 7 aromatic carbocycles. The van der Waals surface area contributed by atoms with Crippen molar-refractivity contribution in [3.63, 3.8) is 0 Å². The lowest BCUT2D eigenvalue weighted by Crippen LogP contribution is -2.10. The highest BCUT2D eigenvalue weighted by Crippen LogP contribution is 2.45. The van der Waals surface area contributed by atoms with E-state index in [1.807, 2.05) is 48.8 Å². The Balaban J connectivity index is 1.27. The number of fused-ring (bicyclic) bond motifs is 9. The summed E-state index contributed by atoms with van der Waals surface area (Å²) in [5.41, 5.74) is 18.2. The second-order valence-electron chi connectivity index (χ2n) is 16.9. The SMILES string of the molecule is Cc1ccc2c(c1)c1cc(C)ccc1n2-c1c(-n2c3ccccc3c3ncccc32)cc(-c2cc(-c3ccccc3)nc(-c3ccccc3)n2)cc1-n1c2ccccc2c2ncccc21. The van der Waals surface area contributed by atoms with Gasteiger partial charge in [0, 0.05) is 50.6 Å². The maximum atomic E-state index is 5.44. The summed E-state index contributed by atoms with van der Waals surface area (Å²) in [6, 6.07) is 66.8. The summed E-state index contributed by atoms with van der Waals surface area (Å²) in [6.45, 7) is 4.35. The van der Waals surface area contributed by atoms with Crippen LogP contribution in [0.15, 0.2) is 200 Å². The third kappa shape index (κ3) is 5.75. The molecule has 65 heavy (non-hydrogen) atoms. The van der Waals surface area contributed by atoms with Crippen LogP contribution in [0.1, 0.15) is 11.1 Å². The largest absolute Gasteiger partial charge is 0.305 e. The first kappa shape index (κ1) is 36.9. The van der Waals surface area contributed by atoms with E-state index in [1.54, 1.807) is 0 Å². The summed E-state index contributed by atoms with van der Waals surface area (Å²) in [6.07, 6.45) is 3.78. The highest BCUT2D eigenvalue weighted by Gasteiger charge is 2.27. The summed E-state index contributed by atoms with van der Waals surface area (Å²) in [5, 5.41) is 4.56. The van der Waals surface area contributed by atoms with E-state index in [0.29, 0.717) is 5.82 Å². The first-order valence-electron chi connectivity index (χ1n) is 22.0. The van der Waals surface area contributed by atoms with E-state index in [0.717, 1.165) is 100 Å². The Morgan fingerprint density at radius 3 is 1.32 bits per heavy atom. The minimum Gasteiger partial charge on any atom is -0.305 e. The summed E-state index contributed by atoms with van der Waals surface area (Å²) < 4.78 is 7.30. The number of para-hydroxylation sites is 2. The minimum atomic E-state index is 0.657. The zero-order valence-corrected chi connectivity index (χ0v) is 35.7. The van der Waals surface area contributed by atoms with Gasteiger partial charge in [-0.2, -0.15) is 0 Å². The van der Waals surface area contributed by atoms with Crippen molar-refractivity contribution in [1.29, 1.82) is 0 Å². The van der Waals surface area contributed by atoms with E-state index in [-0.39, 0.29) is 0 Å². The summed E-state index contributed by atoms with van der Waals surface area (Å²) in [4.78, 5) is 20.7. The van der Waals surface area contributed by atoms with Crippen molar-refractivity contribution >= 4 is 65.7 Å². The molecule has 7 heteroatoms. The van der Waals surface area contributed by atoms with Gasteiger partial charge in [-0.1, -0.05) is 120 Å². The van der Waals surface area contributed by atoms with Crippen LogP contribution in [0.5, 0.6) is 0 Å². The van der Waals surface area contributed by atoms with Gasteiger partial charge >= 0.3 is 0 Å². The van der Waals surface area contributed by atoms with Gasteiger partial charge in [0.15, 0.2) is 5.82 Å². The van der Waals surface area contributed by atoms with Crippen LogP contribution in [0, 0.1) is 13.8 Å². The predicted molar refractivity (Wildman–Crippen MR) is 266 cm³/mol. The number of aryl methyl sites for hydroxylation is 2. The fourth-order valence-electron chi connectivity index (χ4n) is 9.97. The third-order valence-electron chi connectivity index (χ3n) is 12.8. The number of pyridine rings is 2. The molecule has 13 aromatic rings. The van der Waals surface area contributed by atoms with Crippen molar-refractivity contribution in [3.05, 3.63) is 212 Å². The lowest BCUT2D eigenvalue weighted by Gasteiger charge is -2.23. The molecule has 0 aliphatic heterocycles. The van der Waals surface area contributed by atoms with Crippen LogP contribution in [0.4, 0.5) is 0 Å². The minimum absolute atomic E-state index is 0.657. The highest BCUT2D eigenvalue weighted by atomic mass is 15.1. The second-order valence-corrected chi connectivity index (χ2v) is 16.9. The maximum Gasteiger partial charge on any atom is 0.160 e. The van der Waals surface area contributed by atoms with Gasteiger partial charge in [0.25, 0.3) is 0 Å². The van der Waals surface area contributed by atoms with E-state index in [1.165, 1.54) is 21.9 Å². The van der Waals surface area contributed by atoms with E-state index >= 15 is 0 Å². The van der Waals surface area contributed by atoms with Gasteiger partial charge in [0.1, 0.15) is 0 Å². The molecule has 0 spiro atoms. The number of benzene rings is 7.